The van der Waals surface area contributed by atoms with Gasteiger partial charge in [-0.15, -0.1) is 12.4 Å². The van der Waals surface area contributed by atoms with Gasteiger partial charge in [0.05, 0.1) is 11.6 Å². The van der Waals surface area contributed by atoms with Crippen LogP contribution in [0, 0.1) is 11.7 Å². The minimum atomic E-state index is -0.482. The fourth-order valence-electron chi connectivity index (χ4n) is 2.55. The largest absolute Gasteiger partial charge is 0.352 e. The number of para-hydroxylation sites is 1. The fourth-order valence-corrected chi connectivity index (χ4v) is 2.55. The Bertz CT molecular complexity index is 573. The van der Waals surface area contributed by atoms with Gasteiger partial charge in [-0.05, 0) is 31.9 Å². The zero-order chi connectivity index (χ0) is 16.8. The number of amides is 3. The Morgan fingerprint density at radius 2 is 2.12 bits per heavy atom. The Balaban J connectivity index is 0.00000288. The van der Waals surface area contributed by atoms with Gasteiger partial charge in [-0.3, -0.25) is 4.79 Å². The molecule has 1 fully saturated rings. The summed E-state index contributed by atoms with van der Waals surface area (Å²) >= 11 is 0. The molecule has 24 heavy (non-hydrogen) atoms. The first-order chi connectivity index (χ1) is 11.0. The third-order valence-electron chi connectivity index (χ3n) is 3.94. The van der Waals surface area contributed by atoms with Crippen LogP contribution in [-0.4, -0.2) is 42.5 Å². The number of hydrogen-bond donors (Lipinski definition) is 3. The molecule has 0 spiro atoms. The second-order valence-electron chi connectivity index (χ2n) is 5.84. The van der Waals surface area contributed by atoms with E-state index in [0.29, 0.717) is 19.6 Å². The number of carbonyl (C=O) groups is 2. The first-order valence-electron chi connectivity index (χ1n) is 7.82. The van der Waals surface area contributed by atoms with Crippen LogP contribution in [0.4, 0.5) is 14.9 Å². The number of urea groups is 1. The molecule has 1 aromatic carbocycles. The van der Waals surface area contributed by atoms with Crippen molar-refractivity contribution in [3.8, 4) is 0 Å². The number of piperidine rings is 1. The zero-order valence-electron chi connectivity index (χ0n) is 13.6. The maximum absolute atomic E-state index is 13.6. The lowest BCUT2D eigenvalue weighted by Crippen LogP contribution is -2.49. The van der Waals surface area contributed by atoms with Crippen LogP contribution in [0.15, 0.2) is 24.3 Å². The van der Waals surface area contributed by atoms with Gasteiger partial charge >= 0.3 is 6.03 Å². The lowest BCUT2D eigenvalue weighted by atomic mass is 9.97. The molecule has 0 radical (unpaired) electrons. The van der Waals surface area contributed by atoms with Gasteiger partial charge in [0.2, 0.25) is 5.91 Å². The van der Waals surface area contributed by atoms with E-state index >= 15 is 0 Å². The number of likely N-dealkylation sites (tertiary alicyclic amines) is 1. The van der Waals surface area contributed by atoms with Crippen molar-refractivity contribution >= 4 is 30.0 Å². The van der Waals surface area contributed by atoms with E-state index < -0.39 is 5.82 Å². The number of halogens is 2. The number of nitrogens with two attached hydrogens (primary N) is 1. The van der Waals surface area contributed by atoms with Gasteiger partial charge in [-0.25, -0.2) is 9.18 Å². The van der Waals surface area contributed by atoms with E-state index in [1.807, 2.05) is 6.92 Å². The van der Waals surface area contributed by atoms with Crippen LogP contribution in [0.1, 0.15) is 19.8 Å². The number of hydrogen-bond acceptors (Lipinski definition) is 3. The van der Waals surface area contributed by atoms with E-state index in [0.717, 1.165) is 12.8 Å². The van der Waals surface area contributed by atoms with Crippen molar-refractivity contribution in [2.75, 3.05) is 25.0 Å². The second kappa shape index (κ2) is 9.44. The lowest BCUT2D eigenvalue weighted by molar-refractivity contribution is -0.126. The van der Waals surface area contributed by atoms with Crippen molar-refractivity contribution in [1.29, 1.82) is 0 Å². The molecule has 8 heteroatoms. The summed E-state index contributed by atoms with van der Waals surface area (Å²) in [4.78, 5) is 26.0. The fraction of sp³-hybridized carbons (Fsp3) is 0.500. The van der Waals surface area contributed by atoms with Gasteiger partial charge in [0.1, 0.15) is 5.82 Å². The molecule has 134 valence electrons. The van der Waals surface area contributed by atoms with Crippen molar-refractivity contribution < 1.29 is 14.0 Å². The van der Waals surface area contributed by atoms with E-state index in [2.05, 4.69) is 10.6 Å². The highest BCUT2D eigenvalue weighted by Gasteiger charge is 2.29. The number of carbonyl (C=O) groups excluding carboxylic acids is 2. The Morgan fingerprint density at radius 3 is 2.79 bits per heavy atom. The van der Waals surface area contributed by atoms with Gasteiger partial charge in [-0.1, -0.05) is 12.1 Å². The number of nitrogens with one attached hydrogen (secondary N) is 2. The van der Waals surface area contributed by atoms with Crippen molar-refractivity contribution in [3.63, 3.8) is 0 Å². The smallest absolute Gasteiger partial charge is 0.321 e. The molecule has 4 N–H and O–H groups in total. The van der Waals surface area contributed by atoms with Gasteiger partial charge in [-0.2, -0.15) is 0 Å². The Labute approximate surface area is 147 Å². The predicted molar refractivity (Wildman–Crippen MR) is 93.6 cm³/mol. The van der Waals surface area contributed by atoms with E-state index in [1.165, 1.54) is 12.1 Å². The van der Waals surface area contributed by atoms with Gasteiger partial charge in [0, 0.05) is 25.7 Å². The molecule has 1 aliphatic rings. The summed E-state index contributed by atoms with van der Waals surface area (Å²) < 4.78 is 13.6. The monoisotopic (exact) mass is 358 g/mol. The molecular weight excluding hydrogens is 335 g/mol. The number of benzene rings is 1. The van der Waals surface area contributed by atoms with E-state index in [1.54, 1.807) is 17.0 Å². The summed E-state index contributed by atoms with van der Waals surface area (Å²) in [7, 11) is 0. The van der Waals surface area contributed by atoms with Crippen LogP contribution in [0.2, 0.25) is 0 Å². The number of anilines is 1. The normalized spacial score (nSPS) is 18.3. The van der Waals surface area contributed by atoms with Gasteiger partial charge in [0.15, 0.2) is 0 Å². The van der Waals surface area contributed by atoms with E-state index in [9.17, 15) is 14.0 Å². The minimum Gasteiger partial charge on any atom is -0.352 e. The summed E-state index contributed by atoms with van der Waals surface area (Å²) in [5, 5.41) is 5.39. The second-order valence-corrected chi connectivity index (χ2v) is 5.84. The summed E-state index contributed by atoms with van der Waals surface area (Å²) in [6.07, 6.45) is 1.46. The Morgan fingerprint density at radius 1 is 1.42 bits per heavy atom. The van der Waals surface area contributed by atoms with Crippen LogP contribution >= 0.6 is 12.4 Å². The standard InChI is InChI=1S/C16H23FN4O2.ClH/c1-11(9-18)19-15(22)12-5-4-8-21(10-12)16(23)20-14-7-3-2-6-13(14)17;/h2-3,6-7,11-12H,4-5,8-10,18H2,1H3,(H,19,22)(H,20,23);1H/t11-,12?;/m0./s1. The highest BCUT2D eigenvalue weighted by atomic mass is 35.5. The third kappa shape index (κ3) is 5.35. The highest BCUT2D eigenvalue weighted by Crippen LogP contribution is 2.19. The van der Waals surface area contributed by atoms with Gasteiger partial charge in [0.25, 0.3) is 0 Å². The molecule has 3 amide bonds. The SMILES string of the molecule is C[C@@H](CN)NC(=O)C1CCCN(C(=O)Nc2ccccc2F)C1.Cl. The topological polar surface area (TPSA) is 87.5 Å². The molecule has 1 saturated heterocycles. The Kier molecular flexibility index (Phi) is 7.94. The van der Waals surface area contributed by atoms with Crippen LogP contribution in [0.3, 0.4) is 0 Å². The van der Waals surface area contributed by atoms with Crippen LogP contribution in [0.25, 0.3) is 0 Å². The molecule has 2 atom stereocenters. The van der Waals surface area contributed by atoms with Crippen molar-refractivity contribution in [2.24, 2.45) is 11.7 Å². The molecule has 1 heterocycles. The maximum atomic E-state index is 13.6. The van der Waals surface area contributed by atoms with E-state index in [4.69, 9.17) is 5.73 Å². The van der Waals surface area contributed by atoms with E-state index in [-0.39, 0.29) is 42.0 Å². The van der Waals surface area contributed by atoms with Crippen molar-refractivity contribution in [3.05, 3.63) is 30.1 Å². The minimum absolute atomic E-state index is 0. The molecule has 1 aromatic rings. The molecule has 1 unspecified atom stereocenters. The van der Waals surface area contributed by atoms with Crippen LogP contribution in [-0.2, 0) is 4.79 Å². The first-order valence-corrected chi connectivity index (χ1v) is 7.82. The average Bonchev–Trinajstić information content (AvgIpc) is 2.56. The van der Waals surface area contributed by atoms with Crippen LogP contribution in [0.5, 0.6) is 0 Å². The van der Waals surface area contributed by atoms with Gasteiger partial charge < -0.3 is 21.3 Å². The molecule has 0 saturated carbocycles. The molecule has 0 aromatic heterocycles. The third-order valence-corrected chi connectivity index (χ3v) is 3.94. The van der Waals surface area contributed by atoms with Crippen molar-refractivity contribution in [2.45, 2.75) is 25.8 Å². The Hall–Kier alpha value is -1.86. The average molecular weight is 359 g/mol. The molecule has 1 aliphatic heterocycles. The zero-order valence-corrected chi connectivity index (χ0v) is 14.4. The quantitative estimate of drug-likeness (QED) is 0.768. The summed E-state index contributed by atoms with van der Waals surface area (Å²) in [5.41, 5.74) is 5.64. The number of rotatable bonds is 4. The van der Waals surface area contributed by atoms with Crippen LogP contribution < -0.4 is 16.4 Å². The maximum Gasteiger partial charge on any atom is 0.321 e. The predicted octanol–water partition coefficient (Wildman–Crippen LogP) is 1.95. The summed E-state index contributed by atoms with van der Waals surface area (Å²) in [6.45, 7) is 3.08. The summed E-state index contributed by atoms with van der Waals surface area (Å²) in [6, 6.07) is 5.52. The molecule has 2 rings (SSSR count). The van der Waals surface area contributed by atoms with Crippen molar-refractivity contribution in [1.82, 2.24) is 10.2 Å². The molecule has 0 bridgehead atoms. The molecule has 6 nitrogen and oxygen atoms in total. The molecule has 0 aliphatic carbocycles. The molecular formula is C16H24ClFN4O2. The summed E-state index contributed by atoms with van der Waals surface area (Å²) in [5.74, 6) is -0.834. The highest BCUT2D eigenvalue weighted by molar-refractivity contribution is 5.90. The number of nitrogens with zero attached hydrogens (tertiary/aromatic N) is 1. The lowest BCUT2D eigenvalue weighted by Gasteiger charge is -2.32. The first kappa shape index (κ1) is 20.2.